The summed E-state index contributed by atoms with van der Waals surface area (Å²) < 4.78 is 0. The fourth-order valence-corrected chi connectivity index (χ4v) is 3.59. The Morgan fingerprint density at radius 3 is 2.85 bits per heavy atom. The van der Waals surface area contributed by atoms with Crippen molar-refractivity contribution < 1.29 is 4.79 Å². The summed E-state index contributed by atoms with van der Waals surface area (Å²) in [6, 6.07) is 6.74. The second-order valence-corrected chi connectivity index (χ2v) is 6.50. The van der Waals surface area contributed by atoms with Gasteiger partial charge >= 0.3 is 0 Å². The summed E-state index contributed by atoms with van der Waals surface area (Å²) in [5.41, 5.74) is 3.62. The third-order valence-corrected chi connectivity index (χ3v) is 4.97. The van der Waals surface area contributed by atoms with Crippen LogP contribution in [0.5, 0.6) is 0 Å². The summed E-state index contributed by atoms with van der Waals surface area (Å²) in [6.45, 7) is 5.09. The van der Waals surface area contributed by atoms with Crippen LogP contribution in [0.25, 0.3) is 0 Å². The SMILES string of the molecule is Cc1ccc(C)c(CC(=O)N2CCCCCC2CBr)c1. The summed E-state index contributed by atoms with van der Waals surface area (Å²) >= 11 is 3.57. The Labute approximate surface area is 130 Å². The minimum absolute atomic E-state index is 0.282. The molecule has 2 rings (SSSR count). The lowest BCUT2D eigenvalue weighted by atomic mass is 10.0. The molecule has 1 unspecified atom stereocenters. The molecule has 0 bridgehead atoms. The molecule has 1 aromatic carbocycles. The van der Waals surface area contributed by atoms with Gasteiger partial charge in [-0.15, -0.1) is 0 Å². The van der Waals surface area contributed by atoms with E-state index in [1.54, 1.807) is 0 Å². The molecule has 2 nitrogen and oxygen atoms in total. The van der Waals surface area contributed by atoms with Crippen molar-refractivity contribution >= 4 is 21.8 Å². The van der Waals surface area contributed by atoms with E-state index >= 15 is 0 Å². The minimum Gasteiger partial charge on any atom is -0.339 e. The summed E-state index contributed by atoms with van der Waals surface area (Å²) in [5.74, 6) is 0.282. The number of likely N-dealkylation sites (tertiary alicyclic amines) is 1. The minimum atomic E-state index is 0.282. The zero-order chi connectivity index (χ0) is 14.5. The van der Waals surface area contributed by atoms with Crippen LogP contribution in [0.2, 0.25) is 0 Å². The van der Waals surface area contributed by atoms with E-state index in [2.05, 4.69) is 52.9 Å². The van der Waals surface area contributed by atoms with Gasteiger partial charge in [0.1, 0.15) is 0 Å². The molecule has 1 heterocycles. The highest BCUT2D eigenvalue weighted by molar-refractivity contribution is 9.09. The average Bonchev–Trinajstić information content (AvgIpc) is 2.68. The first-order chi connectivity index (χ1) is 9.61. The zero-order valence-corrected chi connectivity index (χ0v) is 14.1. The number of carbonyl (C=O) groups excluding carboxylic acids is 1. The smallest absolute Gasteiger partial charge is 0.227 e. The van der Waals surface area contributed by atoms with Crippen LogP contribution in [0.15, 0.2) is 18.2 Å². The second kappa shape index (κ2) is 7.26. The van der Waals surface area contributed by atoms with E-state index in [4.69, 9.17) is 0 Å². The number of aryl methyl sites for hydroxylation is 2. The van der Waals surface area contributed by atoms with Crippen LogP contribution in [-0.2, 0) is 11.2 Å². The van der Waals surface area contributed by atoms with Gasteiger partial charge < -0.3 is 4.90 Å². The van der Waals surface area contributed by atoms with Crippen molar-refractivity contribution in [1.82, 2.24) is 4.90 Å². The van der Waals surface area contributed by atoms with E-state index in [1.165, 1.54) is 29.5 Å². The summed E-state index contributed by atoms with van der Waals surface area (Å²) in [7, 11) is 0. The molecule has 0 aromatic heterocycles. The Morgan fingerprint density at radius 1 is 1.30 bits per heavy atom. The van der Waals surface area contributed by atoms with Crippen molar-refractivity contribution in [2.75, 3.05) is 11.9 Å². The van der Waals surface area contributed by atoms with E-state index in [9.17, 15) is 4.79 Å². The Bertz CT molecular complexity index is 472. The van der Waals surface area contributed by atoms with Gasteiger partial charge in [0.15, 0.2) is 0 Å². The Balaban J connectivity index is 2.11. The predicted octanol–water partition coefficient (Wildman–Crippen LogP) is 4.01. The summed E-state index contributed by atoms with van der Waals surface area (Å²) in [4.78, 5) is 14.8. The fraction of sp³-hybridized carbons (Fsp3) is 0.588. The third-order valence-electron chi connectivity index (χ3n) is 4.22. The summed E-state index contributed by atoms with van der Waals surface area (Å²) in [6.07, 6.45) is 5.29. The number of hydrogen-bond donors (Lipinski definition) is 0. The number of rotatable bonds is 3. The summed E-state index contributed by atoms with van der Waals surface area (Å²) in [5, 5.41) is 0.894. The first kappa shape index (κ1) is 15.6. The molecule has 0 saturated carbocycles. The highest BCUT2D eigenvalue weighted by atomic mass is 79.9. The van der Waals surface area contributed by atoms with Gasteiger partial charge in [0.2, 0.25) is 5.91 Å². The third kappa shape index (κ3) is 3.85. The molecule has 1 amide bonds. The highest BCUT2D eigenvalue weighted by Gasteiger charge is 2.24. The number of amides is 1. The van der Waals surface area contributed by atoms with Crippen LogP contribution >= 0.6 is 15.9 Å². The molecule has 1 aliphatic rings. The Kier molecular flexibility index (Phi) is 5.64. The van der Waals surface area contributed by atoms with Gasteiger partial charge in [0.05, 0.1) is 6.42 Å². The number of nitrogens with zero attached hydrogens (tertiary/aromatic N) is 1. The van der Waals surface area contributed by atoms with Gasteiger partial charge in [-0.05, 0) is 37.8 Å². The lowest BCUT2D eigenvalue weighted by molar-refractivity contribution is -0.132. The van der Waals surface area contributed by atoms with Crippen molar-refractivity contribution in [3.8, 4) is 0 Å². The molecule has 0 radical (unpaired) electrons. The van der Waals surface area contributed by atoms with Crippen LogP contribution in [0.4, 0.5) is 0 Å². The monoisotopic (exact) mass is 337 g/mol. The van der Waals surface area contributed by atoms with Gasteiger partial charge in [-0.25, -0.2) is 0 Å². The molecule has 1 atom stereocenters. The number of benzene rings is 1. The van der Waals surface area contributed by atoms with Crippen molar-refractivity contribution in [1.29, 1.82) is 0 Å². The molecule has 20 heavy (non-hydrogen) atoms. The largest absolute Gasteiger partial charge is 0.339 e. The molecule has 0 spiro atoms. The maximum atomic E-state index is 12.7. The van der Waals surface area contributed by atoms with Crippen LogP contribution in [0.1, 0.15) is 42.4 Å². The quantitative estimate of drug-likeness (QED) is 0.763. The topological polar surface area (TPSA) is 20.3 Å². The second-order valence-electron chi connectivity index (χ2n) is 5.85. The lowest BCUT2D eigenvalue weighted by Crippen LogP contribution is -2.41. The maximum absolute atomic E-state index is 12.7. The molecule has 110 valence electrons. The fourth-order valence-electron chi connectivity index (χ4n) is 2.92. The number of halogens is 1. The normalized spacial score (nSPS) is 19.8. The van der Waals surface area contributed by atoms with Crippen molar-refractivity contribution in [2.45, 2.75) is 52.0 Å². The van der Waals surface area contributed by atoms with Crippen molar-refractivity contribution in [3.63, 3.8) is 0 Å². The van der Waals surface area contributed by atoms with Crippen LogP contribution in [0.3, 0.4) is 0 Å². The molecular weight excluding hydrogens is 314 g/mol. The number of carbonyl (C=O) groups is 1. The first-order valence-electron chi connectivity index (χ1n) is 7.53. The molecule has 1 fully saturated rings. The van der Waals surface area contributed by atoms with Crippen molar-refractivity contribution in [2.24, 2.45) is 0 Å². The molecule has 0 aliphatic carbocycles. The Hall–Kier alpha value is -0.830. The van der Waals surface area contributed by atoms with E-state index in [0.717, 1.165) is 24.7 Å². The number of alkyl halides is 1. The van der Waals surface area contributed by atoms with Crippen LogP contribution in [0, 0.1) is 13.8 Å². The van der Waals surface area contributed by atoms with Gasteiger partial charge in [0, 0.05) is 17.9 Å². The molecule has 1 aliphatic heterocycles. The first-order valence-corrected chi connectivity index (χ1v) is 8.65. The molecular formula is C17H24BrNO. The molecule has 0 N–H and O–H groups in total. The van der Waals surface area contributed by atoms with E-state index in [1.807, 2.05) is 0 Å². The van der Waals surface area contributed by atoms with Crippen LogP contribution < -0.4 is 0 Å². The molecule has 1 saturated heterocycles. The standard InChI is InChI=1S/C17H24BrNO/c1-13-7-8-14(2)15(10-13)11-17(20)19-9-5-3-4-6-16(19)12-18/h7-8,10,16H,3-6,9,11-12H2,1-2H3. The van der Waals surface area contributed by atoms with E-state index in [-0.39, 0.29) is 5.91 Å². The van der Waals surface area contributed by atoms with E-state index in [0.29, 0.717) is 12.5 Å². The zero-order valence-electron chi connectivity index (χ0n) is 12.5. The molecule has 3 heteroatoms. The van der Waals surface area contributed by atoms with Crippen molar-refractivity contribution in [3.05, 3.63) is 34.9 Å². The maximum Gasteiger partial charge on any atom is 0.227 e. The van der Waals surface area contributed by atoms with Gasteiger partial charge in [-0.3, -0.25) is 4.79 Å². The van der Waals surface area contributed by atoms with E-state index < -0.39 is 0 Å². The predicted molar refractivity (Wildman–Crippen MR) is 87.4 cm³/mol. The number of hydrogen-bond acceptors (Lipinski definition) is 1. The highest BCUT2D eigenvalue weighted by Crippen LogP contribution is 2.20. The average molecular weight is 338 g/mol. The Morgan fingerprint density at radius 2 is 2.10 bits per heavy atom. The molecule has 1 aromatic rings. The lowest BCUT2D eigenvalue weighted by Gasteiger charge is -2.29. The van der Waals surface area contributed by atoms with Gasteiger partial charge in [-0.2, -0.15) is 0 Å². The van der Waals surface area contributed by atoms with Gasteiger partial charge in [-0.1, -0.05) is 52.5 Å². The van der Waals surface area contributed by atoms with Crippen LogP contribution in [-0.4, -0.2) is 28.7 Å². The van der Waals surface area contributed by atoms with Gasteiger partial charge in [0.25, 0.3) is 0 Å².